The molecule has 0 radical (unpaired) electrons. The first-order valence-corrected chi connectivity index (χ1v) is 11.1. The van der Waals surface area contributed by atoms with E-state index < -0.39 is 17.7 Å². The zero-order valence-electron chi connectivity index (χ0n) is 19.7. The molecule has 4 nitrogen and oxygen atoms in total. The molecule has 1 saturated heterocycles. The lowest BCUT2D eigenvalue weighted by atomic mass is 9.84. The topological polar surface area (TPSA) is 57.6 Å². The number of rotatable bonds is 3. The first-order valence-electron chi connectivity index (χ1n) is 11.1. The lowest BCUT2D eigenvalue weighted by Gasteiger charge is -2.27. The summed E-state index contributed by atoms with van der Waals surface area (Å²) >= 11 is 0. The molecule has 1 heterocycles. The Morgan fingerprint density at radius 1 is 0.848 bits per heavy atom. The van der Waals surface area contributed by atoms with Crippen LogP contribution < -0.4 is 4.90 Å². The number of aliphatic hydroxyl groups excluding tert-OH is 1. The molecule has 0 spiro atoms. The quantitative estimate of drug-likeness (QED) is 0.299. The highest BCUT2D eigenvalue weighted by Gasteiger charge is 2.47. The van der Waals surface area contributed by atoms with Gasteiger partial charge in [0.2, 0.25) is 0 Å². The van der Waals surface area contributed by atoms with E-state index in [1.54, 1.807) is 0 Å². The van der Waals surface area contributed by atoms with Crippen molar-refractivity contribution in [2.45, 2.75) is 46.1 Å². The lowest BCUT2D eigenvalue weighted by Crippen LogP contribution is -2.30. The Hall–Kier alpha value is -3.66. The lowest BCUT2D eigenvalue weighted by molar-refractivity contribution is -0.132. The minimum Gasteiger partial charge on any atom is -0.507 e. The van der Waals surface area contributed by atoms with E-state index in [1.165, 1.54) is 4.90 Å². The molecular weight excluding hydrogens is 410 g/mol. The highest BCUT2D eigenvalue weighted by Crippen LogP contribution is 2.43. The Balaban J connectivity index is 1.99. The normalized spacial score (nSPS) is 18.1. The van der Waals surface area contributed by atoms with Crippen molar-refractivity contribution in [3.8, 4) is 0 Å². The minimum absolute atomic E-state index is 0.114. The van der Waals surface area contributed by atoms with Crippen molar-refractivity contribution in [1.29, 1.82) is 0 Å². The first kappa shape index (κ1) is 22.5. The molecule has 0 aromatic heterocycles. The number of carbonyl (C=O) groups is 2. The van der Waals surface area contributed by atoms with Crippen molar-refractivity contribution in [2.75, 3.05) is 4.90 Å². The summed E-state index contributed by atoms with van der Waals surface area (Å²) in [7, 11) is 0. The molecule has 4 heteroatoms. The van der Waals surface area contributed by atoms with Gasteiger partial charge in [0.25, 0.3) is 11.7 Å². The van der Waals surface area contributed by atoms with Gasteiger partial charge in [-0.05, 0) is 53.6 Å². The summed E-state index contributed by atoms with van der Waals surface area (Å²) in [6.45, 7) is 10.1. The predicted molar refractivity (Wildman–Crippen MR) is 132 cm³/mol. The van der Waals surface area contributed by atoms with Crippen LogP contribution in [0.15, 0.2) is 78.4 Å². The fourth-order valence-electron chi connectivity index (χ4n) is 4.35. The molecule has 0 bridgehead atoms. The number of hydrogen-bond acceptors (Lipinski definition) is 3. The molecule has 33 heavy (non-hydrogen) atoms. The van der Waals surface area contributed by atoms with Gasteiger partial charge in [0.1, 0.15) is 5.76 Å². The van der Waals surface area contributed by atoms with E-state index in [-0.39, 0.29) is 16.7 Å². The number of amides is 1. The van der Waals surface area contributed by atoms with Crippen LogP contribution in [-0.4, -0.2) is 16.8 Å². The first-order chi connectivity index (χ1) is 15.6. The molecule has 0 aliphatic carbocycles. The Morgan fingerprint density at radius 2 is 1.48 bits per heavy atom. The Labute approximate surface area is 195 Å². The van der Waals surface area contributed by atoms with Crippen molar-refractivity contribution in [2.24, 2.45) is 0 Å². The summed E-state index contributed by atoms with van der Waals surface area (Å²) < 4.78 is 0. The highest BCUT2D eigenvalue weighted by atomic mass is 16.3. The van der Waals surface area contributed by atoms with Crippen LogP contribution in [0, 0.1) is 13.8 Å². The SMILES string of the molecule is Cc1ccc(C(C)(C)C)cc1/C(O)=C1\C(=O)C(=O)N(c2ccccc2C)C1c1ccccc1. The predicted octanol–water partition coefficient (Wildman–Crippen LogP) is 6.23. The fourth-order valence-corrected chi connectivity index (χ4v) is 4.35. The van der Waals surface area contributed by atoms with E-state index in [4.69, 9.17) is 0 Å². The van der Waals surface area contributed by atoms with Crippen LogP contribution in [0.1, 0.15) is 54.6 Å². The molecule has 1 unspecified atom stereocenters. The maximum Gasteiger partial charge on any atom is 0.300 e. The summed E-state index contributed by atoms with van der Waals surface area (Å²) in [4.78, 5) is 28.2. The number of anilines is 1. The standard InChI is InChI=1S/C29H29NO3/c1-18-15-16-21(29(3,4)5)17-22(18)26(31)24-25(20-12-7-6-8-13-20)30(28(33)27(24)32)23-14-10-9-11-19(23)2/h6-17,25,31H,1-5H3/b26-24+. The Bertz CT molecular complexity index is 1270. The second-order valence-corrected chi connectivity index (χ2v) is 9.65. The zero-order chi connectivity index (χ0) is 23.9. The maximum absolute atomic E-state index is 13.4. The number of hydrogen-bond donors (Lipinski definition) is 1. The van der Waals surface area contributed by atoms with E-state index >= 15 is 0 Å². The number of nitrogens with zero attached hydrogens (tertiary/aromatic N) is 1. The second-order valence-electron chi connectivity index (χ2n) is 9.65. The third kappa shape index (κ3) is 3.97. The Morgan fingerprint density at radius 3 is 2.12 bits per heavy atom. The summed E-state index contributed by atoms with van der Waals surface area (Å²) in [5.74, 6) is -1.45. The molecule has 4 rings (SSSR count). The second kappa shape index (κ2) is 8.36. The van der Waals surface area contributed by atoms with Gasteiger partial charge in [-0.15, -0.1) is 0 Å². The van der Waals surface area contributed by atoms with Gasteiger partial charge in [-0.1, -0.05) is 81.4 Å². The van der Waals surface area contributed by atoms with Crippen LogP contribution >= 0.6 is 0 Å². The van der Waals surface area contributed by atoms with Crippen LogP contribution in [0.4, 0.5) is 5.69 Å². The van der Waals surface area contributed by atoms with Crippen molar-refractivity contribution >= 4 is 23.1 Å². The third-order valence-corrected chi connectivity index (χ3v) is 6.29. The number of para-hydroxylation sites is 1. The van der Waals surface area contributed by atoms with E-state index in [0.29, 0.717) is 11.3 Å². The van der Waals surface area contributed by atoms with Crippen molar-refractivity contribution < 1.29 is 14.7 Å². The largest absolute Gasteiger partial charge is 0.507 e. The molecule has 3 aromatic rings. The average molecular weight is 440 g/mol. The van der Waals surface area contributed by atoms with E-state index in [2.05, 4.69) is 20.8 Å². The zero-order valence-corrected chi connectivity index (χ0v) is 19.7. The van der Waals surface area contributed by atoms with Crippen LogP contribution in [0.3, 0.4) is 0 Å². The van der Waals surface area contributed by atoms with Crippen LogP contribution in [0.5, 0.6) is 0 Å². The van der Waals surface area contributed by atoms with Gasteiger partial charge in [0, 0.05) is 11.3 Å². The monoisotopic (exact) mass is 439 g/mol. The van der Waals surface area contributed by atoms with Crippen molar-refractivity contribution in [1.82, 2.24) is 0 Å². The summed E-state index contributed by atoms with van der Waals surface area (Å²) in [6.07, 6.45) is 0. The molecule has 1 amide bonds. The van der Waals surface area contributed by atoms with Crippen molar-refractivity contribution in [3.63, 3.8) is 0 Å². The minimum atomic E-state index is -0.718. The van der Waals surface area contributed by atoms with Gasteiger partial charge >= 0.3 is 0 Å². The van der Waals surface area contributed by atoms with Gasteiger partial charge < -0.3 is 5.11 Å². The maximum atomic E-state index is 13.4. The molecule has 1 aliphatic heterocycles. The summed E-state index contributed by atoms with van der Waals surface area (Å²) in [5.41, 5.74) is 4.75. The number of aryl methyl sites for hydroxylation is 2. The molecule has 1 N–H and O–H groups in total. The average Bonchev–Trinajstić information content (AvgIpc) is 3.04. The number of benzene rings is 3. The molecule has 3 aromatic carbocycles. The third-order valence-electron chi connectivity index (χ3n) is 6.29. The van der Waals surface area contributed by atoms with E-state index in [1.807, 2.05) is 86.6 Å². The van der Waals surface area contributed by atoms with Gasteiger partial charge in [0.15, 0.2) is 0 Å². The van der Waals surface area contributed by atoms with Crippen LogP contribution in [-0.2, 0) is 15.0 Å². The molecule has 1 fully saturated rings. The van der Waals surface area contributed by atoms with Gasteiger partial charge in [-0.25, -0.2) is 0 Å². The number of aliphatic hydroxyl groups is 1. The highest BCUT2D eigenvalue weighted by molar-refractivity contribution is 6.51. The summed E-state index contributed by atoms with van der Waals surface area (Å²) in [5, 5.41) is 11.5. The number of Topliss-reactive ketones (excluding diaryl/α,β-unsaturated/α-hetero) is 1. The van der Waals surface area contributed by atoms with E-state index in [9.17, 15) is 14.7 Å². The van der Waals surface area contributed by atoms with Crippen LogP contribution in [0.25, 0.3) is 5.76 Å². The number of carbonyl (C=O) groups excluding carboxylic acids is 2. The Kier molecular flexibility index (Phi) is 5.71. The van der Waals surface area contributed by atoms with Crippen LogP contribution in [0.2, 0.25) is 0 Å². The molecule has 1 aliphatic rings. The van der Waals surface area contributed by atoms with Crippen molar-refractivity contribution in [3.05, 3.63) is 106 Å². The smallest absolute Gasteiger partial charge is 0.300 e. The fraction of sp³-hybridized carbons (Fsp3) is 0.241. The molecule has 168 valence electrons. The van der Waals surface area contributed by atoms with Gasteiger partial charge in [0.05, 0.1) is 11.6 Å². The van der Waals surface area contributed by atoms with E-state index in [0.717, 1.165) is 22.3 Å². The summed E-state index contributed by atoms with van der Waals surface area (Å²) in [6, 6.07) is 22.1. The number of ketones is 1. The molecule has 1 atom stereocenters. The van der Waals surface area contributed by atoms with Gasteiger partial charge in [-0.2, -0.15) is 0 Å². The van der Waals surface area contributed by atoms with Gasteiger partial charge in [-0.3, -0.25) is 14.5 Å². The molecular formula is C29H29NO3. The molecule has 0 saturated carbocycles.